The van der Waals surface area contributed by atoms with Gasteiger partial charge < -0.3 is 25.8 Å². The van der Waals surface area contributed by atoms with Gasteiger partial charge in [0.1, 0.15) is 5.92 Å². The first-order valence-corrected chi connectivity index (χ1v) is 6.35. The van der Waals surface area contributed by atoms with E-state index < -0.39 is 24.0 Å². The maximum Gasteiger partial charge on any atom is 0.315 e. The molecule has 1 aliphatic heterocycles. The summed E-state index contributed by atoms with van der Waals surface area (Å²) in [6, 6.07) is -1.17. The molecular formula is C12H21N3O5. The van der Waals surface area contributed by atoms with Crippen LogP contribution in [-0.4, -0.2) is 54.4 Å². The third-order valence-electron chi connectivity index (χ3n) is 2.64. The molecule has 0 aromatic heterocycles. The summed E-state index contributed by atoms with van der Waals surface area (Å²) in [6.45, 7) is 5.55. The number of carbonyl (C=O) groups is 3. The van der Waals surface area contributed by atoms with Crippen LogP contribution in [0.2, 0.25) is 0 Å². The highest BCUT2D eigenvalue weighted by Crippen LogP contribution is 2.13. The van der Waals surface area contributed by atoms with Crippen LogP contribution < -0.4 is 16.0 Å². The Morgan fingerprint density at radius 3 is 2.45 bits per heavy atom. The molecule has 4 N–H and O–H groups in total. The van der Waals surface area contributed by atoms with Crippen LogP contribution in [0.15, 0.2) is 0 Å². The van der Waals surface area contributed by atoms with Crippen LogP contribution >= 0.6 is 0 Å². The average Bonchev–Trinajstić information content (AvgIpc) is 2.72. The summed E-state index contributed by atoms with van der Waals surface area (Å²) in [4.78, 5) is 34.0. The van der Waals surface area contributed by atoms with E-state index in [0.29, 0.717) is 0 Å². The van der Waals surface area contributed by atoms with E-state index in [2.05, 4.69) is 16.0 Å². The molecular weight excluding hydrogens is 266 g/mol. The number of rotatable bonds is 4. The topological polar surface area (TPSA) is 117 Å². The Kier molecular flexibility index (Phi) is 5.32. The molecule has 0 radical (unpaired) electrons. The van der Waals surface area contributed by atoms with Gasteiger partial charge in [-0.15, -0.1) is 0 Å². The minimum Gasteiger partial charge on any atom is -0.481 e. The molecule has 0 aromatic carbocycles. The number of ether oxygens (including phenoxy) is 1. The van der Waals surface area contributed by atoms with E-state index in [1.807, 2.05) is 20.8 Å². The standard InChI is InChI=1S/C12H21N3O5/c1-12(2,3)15-9(16)4-13-11(19)14-8-6-20-5-7(8)10(17)18/h7-8H,4-6H2,1-3H3,(H,15,16)(H,17,18)(H2,13,14,19). The van der Waals surface area contributed by atoms with E-state index in [4.69, 9.17) is 9.84 Å². The summed E-state index contributed by atoms with van der Waals surface area (Å²) in [7, 11) is 0. The minimum absolute atomic E-state index is 0.0742. The second kappa shape index (κ2) is 6.56. The molecule has 1 heterocycles. The lowest BCUT2D eigenvalue weighted by molar-refractivity contribution is -0.142. The van der Waals surface area contributed by atoms with Crippen molar-refractivity contribution in [3.63, 3.8) is 0 Å². The molecule has 0 aliphatic carbocycles. The Bertz CT molecular complexity index is 391. The fraction of sp³-hybridized carbons (Fsp3) is 0.750. The van der Waals surface area contributed by atoms with E-state index in [9.17, 15) is 14.4 Å². The lowest BCUT2D eigenvalue weighted by Gasteiger charge is -2.21. The lowest BCUT2D eigenvalue weighted by atomic mass is 10.0. The highest BCUT2D eigenvalue weighted by atomic mass is 16.5. The quantitative estimate of drug-likeness (QED) is 0.545. The van der Waals surface area contributed by atoms with Gasteiger partial charge in [0.25, 0.3) is 0 Å². The monoisotopic (exact) mass is 287 g/mol. The normalized spacial score (nSPS) is 22.1. The van der Waals surface area contributed by atoms with Gasteiger partial charge >= 0.3 is 12.0 Å². The highest BCUT2D eigenvalue weighted by Gasteiger charge is 2.35. The SMILES string of the molecule is CC(C)(C)NC(=O)CNC(=O)NC1COCC1C(=O)O. The molecule has 20 heavy (non-hydrogen) atoms. The van der Waals surface area contributed by atoms with Crippen molar-refractivity contribution < 1.29 is 24.2 Å². The number of carboxylic acids is 1. The molecule has 0 saturated carbocycles. The van der Waals surface area contributed by atoms with Crippen LogP contribution in [0.25, 0.3) is 0 Å². The van der Waals surface area contributed by atoms with Crippen molar-refractivity contribution in [2.45, 2.75) is 32.4 Å². The molecule has 1 fully saturated rings. The summed E-state index contributed by atoms with van der Waals surface area (Å²) in [5.41, 5.74) is -0.372. The molecule has 0 aromatic rings. The van der Waals surface area contributed by atoms with Crippen LogP contribution in [0.4, 0.5) is 4.79 Å². The van der Waals surface area contributed by atoms with Gasteiger partial charge in [-0.1, -0.05) is 0 Å². The Morgan fingerprint density at radius 2 is 1.90 bits per heavy atom. The number of amides is 3. The first-order valence-electron chi connectivity index (χ1n) is 6.35. The number of urea groups is 1. The van der Waals surface area contributed by atoms with Crippen LogP contribution in [0.3, 0.4) is 0 Å². The fourth-order valence-electron chi connectivity index (χ4n) is 1.78. The first kappa shape index (κ1) is 16.2. The largest absolute Gasteiger partial charge is 0.481 e. The molecule has 8 nitrogen and oxygen atoms in total. The van der Waals surface area contributed by atoms with Crippen LogP contribution in [-0.2, 0) is 14.3 Å². The van der Waals surface area contributed by atoms with Crippen molar-refractivity contribution in [1.29, 1.82) is 0 Å². The molecule has 114 valence electrons. The number of carbonyl (C=O) groups excluding carboxylic acids is 2. The smallest absolute Gasteiger partial charge is 0.315 e. The molecule has 8 heteroatoms. The second-order valence-electron chi connectivity index (χ2n) is 5.71. The Morgan fingerprint density at radius 1 is 1.25 bits per heavy atom. The molecule has 0 spiro atoms. The van der Waals surface area contributed by atoms with E-state index >= 15 is 0 Å². The van der Waals surface area contributed by atoms with Gasteiger partial charge in [-0.05, 0) is 20.8 Å². The zero-order valence-electron chi connectivity index (χ0n) is 11.9. The zero-order chi connectivity index (χ0) is 15.3. The first-order chi connectivity index (χ1) is 9.19. The molecule has 1 rings (SSSR count). The third kappa shape index (κ3) is 5.43. The summed E-state index contributed by atoms with van der Waals surface area (Å²) in [6.07, 6.45) is 0. The van der Waals surface area contributed by atoms with Crippen molar-refractivity contribution in [1.82, 2.24) is 16.0 Å². The van der Waals surface area contributed by atoms with E-state index in [-0.39, 0.29) is 31.2 Å². The molecule has 1 saturated heterocycles. The summed E-state index contributed by atoms with van der Waals surface area (Å²) < 4.78 is 5.02. The predicted molar refractivity (Wildman–Crippen MR) is 70.2 cm³/mol. The third-order valence-corrected chi connectivity index (χ3v) is 2.64. The van der Waals surface area contributed by atoms with Crippen molar-refractivity contribution >= 4 is 17.9 Å². The Hall–Kier alpha value is -1.83. The molecule has 3 amide bonds. The van der Waals surface area contributed by atoms with E-state index in [0.717, 1.165) is 0 Å². The number of carboxylic acid groups (broad SMARTS) is 1. The number of hydrogen-bond acceptors (Lipinski definition) is 4. The Labute approximate surface area is 117 Å². The van der Waals surface area contributed by atoms with E-state index in [1.165, 1.54) is 0 Å². The maximum atomic E-state index is 11.6. The summed E-state index contributed by atoms with van der Waals surface area (Å²) >= 11 is 0. The van der Waals surface area contributed by atoms with Crippen LogP contribution in [0.1, 0.15) is 20.8 Å². The summed E-state index contributed by atoms with van der Waals surface area (Å²) in [5, 5.41) is 16.5. The number of aliphatic carboxylic acids is 1. The van der Waals surface area contributed by atoms with Crippen molar-refractivity contribution in [2.75, 3.05) is 19.8 Å². The Balaban J connectivity index is 2.33. The van der Waals surface area contributed by atoms with Gasteiger partial charge in [0.05, 0.1) is 25.8 Å². The van der Waals surface area contributed by atoms with Crippen LogP contribution in [0.5, 0.6) is 0 Å². The van der Waals surface area contributed by atoms with Crippen molar-refractivity contribution in [2.24, 2.45) is 5.92 Å². The highest BCUT2D eigenvalue weighted by molar-refractivity contribution is 5.84. The maximum absolute atomic E-state index is 11.6. The van der Waals surface area contributed by atoms with Gasteiger partial charge in [-0.2, -0.15) is 0 Å². The van der Waals surface area contributed by atoms with Crippen molar-refractivity contribution in [3.05, 3.63) is 0 Å². The van der Waals surface area contributed by atoms with Gasteiger partial charge in [0.15, 0.2) is 0 Å². The molecule has 1 aliphatic rings. The molecule has 2 atom stereocenters. The predicted octanol–water partition coefficient (Wildman–Crippen LogP) is -0.700. The zero-order valence-corrected chi connectivity index (χ0v) is 11.9. The van der Waals surface area contributed by atoms with Gasteiger partial charge in [0, 0.05) is 5.54 Å². The minimum atomic E-state index is -1.02. The van der Waals surface area contributed by atoms with Crippen LogP contribution in [0, 0.1) is 5.92 Å². The lowest BCUT2D eigenvalue weighted by Crippen LogP contribution is -2.51. The fourth-order valence-corrected chi connectivity index (χ4v) is 1.78. The molecule has 2 unspecified atom stereocenters. The van der Waals surface area contributed by atoms with E-state index in [1.54, 1.807) is 0 Å². The molecule has 0 bridgehead atoms. The van der Waals surface area contributed by atoms with Gasteiger partial charge in [-0.3, -0.25) is 9.59 Å². The number of hydrogen-bond donors (Lipinski definition) is 4. The number of nitrogens with one attached hydrogen (secondary N) is 3. The summed E-state index contributed by atoms with van der Waals surface area (Å²) in [5.74, 6) is -2.09. The van der Waals surface area contributed by atoms with Gasteiger partial charge in [-0.25, -0.2) is 4.79 Å². The second-order valence-corrected chi connectivity index (χ2v) is 5.71. The van der Waals surface area contributed by atoms with Crippen molar-refractivity contribution in [3.8, 4) is 0 Å². The van der Waals surface area contributed by atoms with Gasteiger partial charge in [0.2, 0.25) is 5.91 Å². The average molecular weight is 287 g/mol.